The Bertz CT molecular complexity index is 578. The first kappa shape index (κ1) is 14.1. The topological polar surface area (TPSA) is 56.1 Å². The molecular formula is C15H19N3O2. The van der Waals surface area contributed by atoms with Crippen LogP contribution in [0.3, 0.4) is 0 Å². The first-order chi connectivity index (χ1) is 9.70. The molecule has 0 aliphatic heterocycles. The predicted octanol–water partition coefficient (Wildman–Crippen LogP) is 1.79. The monoisotopic (exact) mass is 273 g/mol. The van der Waals surface area contributed by atoms with E-state index >= 15 is 0 Å². The van der Waals surface area contributed by atoms with Gasteiger partial charge in [-0.2, -0.15) is 5.10 Å². The van der Waals surface area contributed by atoms with Crippen LogP contribution in [-0.4, -0.2) is 28.8 Å². The Balaban J connectivity index is 1.91. The van der Waals surface area contributed by atoms with Crippen molar-refractivity contribution in [3.63, 3.8) is 0 Å². The SMILES string of the molecule is CCOc1ccccc1C(=O)NCCc1cnn(C)c1. The maximum atomic E-state index is 12.1. The third-order valence-corrected chi connectivity index (χ3v) is 2.89. The Morgan fingerprint density at radius 1 is 1.40 bits per heavy atom. The van der Waals surface area contributed by atoms with E-state index in [2.05, 4.69) is 10.4 Å². The molecule has 2 rings (SSSR count). The fourth-order valence-corrected chi connectivity index (χ4v) is 1.95. The van der Waals surface area contributed by atoms with Gasteiger partial charge in [-0.15, -0.1) is 0 Å². The molecule has 1 N–H and O–H groups in total. The molecule has 0 atom stereocenters. The van der Waals surface area contributed by atoms with E-state index in [1.807, 2.05) is 32.3 Å². The van der Waals surface area contributed by atoms with Gasteiger partial charge in [-0.3, -0.25) is 9.48 Å². The number of nitrogens with one attached hydrogen (secondary N) is 1. The van der Waals surface area contributed by atoms with Crippen LogP contribution in [0.1, 0.15) is 22.8 Å². The largest absolute Gasteiger partial charge is 0.493 e. The highest BCUT2D eigenvalue weighted by Crippen LogP contribution is 2.17. The van der Waals surface area contributed by atoms with Gasteiger partial charge < -0.3 is 10.1 Å². The van der Waals surface area contributed by atoms with Gasteiger partial charge in [0.1, 0.15) is 5.75 Å². The van der Waals surface area contributed by atoms with Gasteiger partial charge in [0, 0.05) is 19.8 Å². The van der Waals surface area contributed by atoms with Crippen LogP contribution in [0.4, 0.5) is 0 Å². The van der Waals surface area contributed by atoms with Gasteiger partial charge in [-0.25, -0.2) is 0 Å². The van der Waals surface area contributed by atoms with Crippen molar-refractivity contribution in [3.8, 4) is 5.75 Å². The molecule has 5 nitrogen and oxygen atoms in total. The summed E-state index contributed by atoms with van der Waals surface area (Å²) in [6, 6.07) is 7.26. The number of hydrogen-bond donors (Lipinski definition) is 1. The minimum atomic E-state index is -0.113. The van der Waals surface area contributed by atoms with Crippen LogP contribution in [-0.2, 0) is 13.5 Å². The number of aromatic nitrogens is 2. The molecule has 5 heteroatoms. The molecule has 1 amide bonds. The quantitative estimate of drug-likeness (QED) is 0.873. The summed E-state index contributed by atoms with van der Waals surface area (Å²) in [6.45, 7) is 3.02. The molecule has 0 saturated carbocycles. The van der Waals surface area contributed by atoms with E-state index in [0.29, 0.717) is 24.5 Å². The summed E-state index contributed by atoms with van der Waals surface area (Å²) in [7, 11) is 1.88. The van der Waals surface area contributed by atoms with Gasteiger partial charge in [-0.05, 0) is 31.0 Å². The highest BCUT2D eigenvalue weighted by Gasteiger charge is 2.11. The minimum absolute atomic E-state index is 0.113. The lowest BCUT2D eigenvalue weighted by Gasteiger charge is -2.10. The molecule has 20 heavy (non-hydrogen) atoms. The summed E-state index contributed by atoms with van der Waals surface area (Å²) in [5.74, 6) is 0.506. The fourth-order valence-electron chi connectivity index (χ4n) is 1.95. The van der Waals surface area contributed by atoms with Gasteiger partial charge in [0.2, 0.25) is 0 Å². The first-order valence-electron chi connectivity index (χ1n) is 6.68. The molecule has 0 fully saturated rings. The standard InChI is InChI=1S/C15H19N3O2/c1-3-20-14-7-5-4-6-13(14)15(19)16-9-8-12-10-17-18(2)11-12/h4-7,10-11H,3,8-9H2,1-2H3,(H,16,19). The molecule has 2 aromatic rings. The van der Waals surface area contributed by atoms with E-state index in [1.54, 1.807) is 23.0 Å². The zero-order chi connectivity index (χ0) is 14.4. The summed E-state index contributed by atoms with van der Waals surface area (Å²) in [5.41, 5.74) is 1.67. The molecule has 1 aromatic heterocycles. The Hall–Kier alpha value is -2.30. The summed E-state index contributed by atoms with van der Waals surface area (Å²) < 4.78 is 7.20. The second-order valence-electron chi connectivity index (χ2n) is 4.46. The third-order valence-electron chi connectivity index (χ3n) is 2.89. The third kappa shape index (κ3) is 3.60. The Labute approximate surface area is 118 Å². The van der Waals surface area contributed by atoms with Gasteiger partial charge in [0.25, 0.3) is 5.91 Å². The lowest BCUT2D eigenvalue weighted by Crippen LogP contribution is -2.26. The van der Waals surface area contributed by atoms with E-state index in [4.69, 9.17) is 4.74 Å². The number of benzene rings is 1. The van der Waals surface area contributed by atoms with Crippen LogP contribution < -0.4 is 10.1 Å². The van der Waals surface area contributed by atoms with Crippen LogP contribution in [0.2, 0.25) is 0 Å². The number of aryl methyl sites for hydroxylation is 1. The molecule has 0 spiro atoms. The second-order valence-corrected chi connectivity index (χ2v) is 4.46. The molecular weight excluding hydrogens is 254 g/mol. The first-order valence-corrected chi connectivity index (χ1v) is 6.68. The van der Waals surface area contributed by atoms with Gasteiger partial charge in [-0.1, -0.05) is 12.1 Å². The zero-order valence-corrected chi connectivity index (χ0v) is 11.8. The maximum absolute atomic E-state index is 12.1. The summed E-state index contributed by atoms with van der Waals surface area (Å²) in [4.78, 5) is 12.1. The average molecular weight is 273 g/mol. The van der Waals surface area contributed by atoms with Crippen LogP contribution in [0.15, 0.2) is 36.7 Å². The summed E-state index contributed by atoms with van der Waals surface area (Å²) >= 11 is 0. The normalized spacial score (nSPS) is 10.3. The molecule has 0 aliphatic carbocycles. The van der Waals surface area contributed by atoms with Crippen molar-refractivity contribution in [3.05, 3.63) is 47.8 Å². The average Bonchev–Trinajstić information content (AvgIpc) is 2.85. The van der Waals surface area contributed by atoms with Crippen molar-refractivity contribution in [1.82, 2.24) is 15.1 Å². The predicted molar refractivity (Wildman–Crippen MR) is 76.9 cm³/mol. The fraction of sp³-hybridized carbons (Fsp3) is 0.333. The molecule has 0 unspecified atom stereocenters. The molecule has 0 bridgehead atoms. The number of rotatable bonds is 6. The van der Waals surface area contributed by atoms with Gasteiger partial charge >= 0.3 is 0 Å². The smallest absolute Gasteiger partial charge is 0.255 e. The van der Waals surface area contributed by atoms with Crippen molar-refractivity contribution < 1.29 is 9.53 Å². The van der Waals surface area contributed by atoms with Crippen molar-refractivity contribution in [1.29, 1.82) is 0 Å². The molecule has 1 heterocycles. The van der Waals surface area contributed by atoms with Crippen molar-refractivity contribution in [2.45, 2.75) is 13.3 Å². The van der Waals surface area contributed by atoms with Crippen molar-refractivity contribution >= 4 is 5.91 Å². The minimum Gasteiger partial charge on any atom is -0.493 e. The van der Waals surface area contributed by atoms with Crippen LogP contribution >= 0.6 is 0 Å². The van der Waals surface area contributed by atoms with Crippen molar-refractivity contribution in [2.75, 3.05) is 13.2 Å². The molecule has 106 valence electrons. The number of amides is 1. The number of ether oxygens (including phenoxy) is 1. The van der Waals surface area contributed by atoms with Crippen LogP contribution in [0, 0.1) is 0 Å². The second kappa shape index (κ2) is 6.75. The number of para-hydroxylation sites is 1. The Kier molecular flexibility index (Phi) is 4.76. The summed E-state index contributed by atoms with van der Waals surface area (Å²) in [5, 5.41) is 6.99. The Morgan fingerprint density at radius 2 is 2.20 bits per heavy atom. The van der Waals surface area contributed by atoms with Crippen molar-refractivity contribution in [2.24, 2.45) is 7.05 Å². The van der Waals surface area contributed by atoms with E-state index in [1.165, 1.54) is 0 Å². The zero-order valence-electron chi connectivity index (χ0n) is 11.8. The molecule has 0 radical (unpaired) electrons. The highest BCUT2D eigenvalue weighted by molar-refractivity contribution is 5.96. The number of hydrogen-bond acceptors (Lipinski definition) is 3. The lowest BCUT2D eigenvalue weighted by atomic mass is 10.2. The highest BCUT2D eigenvalue weighted by atomic mass is 16.5. The van der Waals surface area contributed by atoms with Crippen LogP contribution in [0.25, 0.3) is 0 Å². The Morgan fingerprint density at radius 3 is 2.90 bits per heavy atom. The number of nitrogens with zero attached hydrogens (tertiary/aromatic N) is 2. The maximum Gasteiger partial charge on any atom is 0.255 e. The van der Waals surface area contributed by atoms with E-state index in [-0.39, 0.29) is 5.91 Å². The molecule has 1 aromatic carbocycles. The number of carbonyl (C=O) groups is 1. The van der Waals surface area contributed by atoms with Gasteiger partial charge in [0.15, 0.2) is 0 Å². The van der Waals surface area contributed by atoms with E-state index in [0.717, 1.165) is 12.0 Å². The lowest BCUT2D eigenvalue weighted by molar-refractivity contribution is 0.0950. The van der Waals surface area contributed by atoms with E-state index < -0.39 is 0 Å². The summed E-state index contributed by atoms with van der Waals surface area (Å²) in [6.07, 6.45) is 4.51. The number of carbonyl (C=O) groups excluding carboxylic acids is 1. The molecule has 0 aliphatic rings. The van der Waals surface area contributed by atoms with E-state index in [9.17, 15) is 4.79 Å². The molecule has 0 saturated heterocycles. The van der Waals surface area contributed by atoms with Gasteiger partial charge in [0.05, 0.1) is 18.4 Å². The van der Waals surface area contributed by atoms with Crippen LogP contribution in [0.5, 0.6) is 5.75 Å².